The molecule has 5 N–H and O–H groups in total. The minimum atomic E-state index is -4.58. The van der Waals surface area contributed by atoms with E-state index in [2.05, 4.69) is 20.5 Å². The van der Waals surface area contributed by atoms with Gasteiger partial charge in [-0.1, -0.05) is 0 Å². The van der Waals surface area contributed by atoms with Crippen LogP contribution in [-0.4, -0.2) is 93.6 Å². The maximum atomic E-state index is 13.4. The molecule has 11 nitrogen and oxygen atoms in total. The summed E-state index contributed by atoms with van der Waals surface area (Å²) in [6.07, 6.45) is -2.03. The molecule has 1 aromatic heterocycles. The number of fused-ring (bicyclic) bond motifs is 3. The van der Waals surface area contributed by atoms with E-state index in [1.54, 1.807) is 19.1 Å². The first-order valence-electron chi connectivity index (χ1n) is 11.8. The van der Waals surface area contributed by atoms with Crippen LogP contribution in [0.15, 0.2) is 41.5 Å². The van der Waals surface area contributed by atoms with E-state index in [1.165, 1.54) is 17.2 Å². The second kappa shape index (κ2) is 10.5. The summed E-state index contributed by atoms with van der Waals surface area (Å²) in [7, 11) is 0. The molecule has 1 aromatic rings. The van der Waals surface area contributed by atoms with Crippen LogP contribution in [0.4, 0.5) is 23.8 Å². The molecule has 202 valence electrons. The predicted octanol–water partition coefficient (Wildman–Crippen LogP) is 0.890. The second-order valence-electron chi connectivity index (χ2n) is 9.16. The number of dihydropyridines is 1. The van der Waals surface area contributed by atoms with E-state index >= 15 is 0 Å². The van der Waals surface area contributed by atoms with E-state index in [0.29, 0.717) is 36.7 Å². The van der Waals surface area contributed by atoms with Crippen LogP contribution < -0.4 is 20.7 Å². The molecule has 4 heterocycles. The molecule has 4 rings (SSSR count). The fourth-order valence-corrected chi connectivity index (χ4v) is 4.44. The van der Waals surface area contributed by atoms with Gasteiger partial charge in [-0.25, -0.2) is 9.78 Å². The van der Waals surface area contributed by atoms with E-state index in [4.69, 9.17) is 9.84 Å². The van der Waals surface area contributed by atoms with E-state index in [9.17, 15) is 27.9 Å². The van der Waals surface area contributed by atoms with Crippen LogP contribution in [0.1, 0.15) is 20.3 Å². The van der Waals surface area contributed by atoms with Gasteiger partial charge in [0.05, 0.1) is 24.5 Å². The van der Waals surface area contributed by atoms with Crippen LogP contribution in [0.5, 0.6) is 5.75 Å². The van der Waals surface area contributed by atoms with Gasteiger partial charge in [0, 0.05) is 13.1 Å². The average molecular weight is 527 g/mol. The number of aromatic nitrogens is 1. The Hall–Kier alpha value is -3.52. The first-order chi connectivity index (χ1) is 17.5. The standard InChI is InChI=1S/C23H29F3N6O5/c1-12-7-17(21(35)28-13(2)23(24,25)26)29-20-19(12)31-6-5-14(9-31)32(20)22(36)30-18-4-3-16(8-27-18)37-11-15(34)10-33/h3-4,7-8,13-15,17,29,33-34H,5-6,9-11H2,1-2H3,(H,28,35)(H,27,30,36)/t13-,14+,15+,17?/m1/s1. The molecule has 14 heteroatoms. The molecule has 1 fully saturated rings. The number of halogens is 3. The molecule has 0 spiro atoms. The highest BCUT2D eigenvalue weighted by Crippen LogP contribution is 2.36. The van der Waals surface area contributed by atoms with E-state index in [-0.39, 0.29) is 18.5 Å². The lowest BCUT2D eigenvalue weighted by Gasteiger charge is -2.42. The number of amides is 3. The van der Waals surface area contributed by atoms with Crippen molar-refractivity contribution in [1.29, 1.82) is 0 Å². The number of nitrogens with one attached hydrogen (secondary N) is 3. The second-order valence-corrected chi connectivity index (χ2v) is 9.16. The maximum absolute atomic E-state index is 13.4. The summed E-state index contributed by atoms with van der Waals surface area (Å²) in [4.78, 5) is 33.7. The molecule has 0 aliphatic carbocycles. The van der Waals surface area contributed by atoms with Crippen molar-refractivity contribution in [2.75, 3.05) is 31.6 Å². The zero-order valence-electron chi connectivity index (χ0n) is 20.2. The summed E-state index contributed by atoms with van der Waals surface area (Å²) in [6.45, 7) is 3.32. The SMILES string of the molecule is CC1=CC(C(=O)N[C@H](C)C(F)(F)F)NC2=C1N1CC[C@@H](C1)N2C(=O)Nc1ccc(OC[C@@H](O)CO)cn1. The van der Waals surface area contributed by atoms with Crippen molar-refractivity contribution in [3.05, 3.63) is 41.5 Å². The Morgan fingerprint density at radius 1 is 1.35 bits per heavy atom. The summed E-state index contributed by atoms with van der Waals surface area (Å²) < 4.78 is 44.2. The van der Waals surface area contributed by atoms with Gasteiger partial charge in [-0.05, 0) is 44.1 Å². The molecule has 0 radical (unpaired) electrons. The first-order valence-corrected chi connectivity index (χ1v) is 11.8. The van der Waals surface area contributed by atoms with Crippen LogP contribution in [0.3, 0.4) is 0 Å². The summed E-state index contributed by atoms with van der Waals surface area (Å²) in [6, 6.07) is -0.799. The van der Waals surface area contributed by atoms with Crippen molar-refractivity contribution in [3.8, 4) is 5.75 Å². The number of rotatable bonds is 7. The number of aliphatic hydroxyl groups excluding tert-OH is 2. The van der Waals surface area contributed by atoms with E-state index in [1.807, 2.05) is 5.32 Å². The third kappa shape index (κ3) is 5.74. The Labute approximate surface area is 211 Å². The molecule has 3 aliphatic rings. The Balaban J connectivity index is 1.49. The highest BCUT2D eigenvalue weighted by Gasteiger charge is 2.45. The summed E-state index contributed by atoms with van der Waals surface area (Å²) >= 11 is 0. The summed E-state index contributed by atoms with van der Waals surface area (Å²) in [5.74, 6) is 0.0483. The predicted molar refractivity (Wildman–Crippen MR) is 125 cm³/mol. The number of allylic oxidation sites excluding steroid dienone is 1. The van der Waals surface area contributed by atoms with Crippen LogP contribution in [-0.2, 0) is 4.79 Å². The summed E-state index contributed by atoms with van der Waals surface area (Å²) in [5, 5.41) is 25.9. The lowest BCUT2D eigenvalue weighted by molar-refractivity contribution is -0.158. The molecule has 1 saturated heterocycles. The Morgan fingerprint density at radius 2 is 2.11 bits per heavy atom. The fraction of sp³-hybridized carbons (Fsp3) is 0.522. The van der Waals surface area contributed by atoms with E-state index < -0.39 is 42.9 Å². The number of ether oxygens (including phenoxy) is 1. The van der Waals surface area contributed by atoms with Crippen molar-refractivity contribution in [1.82, 2.24) is 25.4 Å². The van der Waals surface area contributed by atoms with E-state index in [0.717, 1.165) is 12.6 Å². The molecule has 0 aromatic carbocycles. The van der Waals surface area contributed by atoms with Gasteiger partial charge in [-0.2, -0.15) is 13.2 Å². The van der Waals surface area contributed by atoms with Crippen molar-refractivity contribution < 1.29 is 37.7 Å². The van der Waals surface area contributed by atoms with Gasteiger partial charge < -0.3 is 30.5 Å². The lowest BCUT2D eigenvalue weighted by atomic mass is 10.0. The largest absolute Gasteiger partial charge is 0.489 e. The third-order valence-electron chi connectivity index (χ3n) is 6.37. The zero-order valence-corrected chi connectivity index (χ0v) is 20.2. The average Bonchev–Trinajstić information content (AvgIpc) is 3.25. The van der Waals surface area contributed by atoms with Gasteiger partial charge in [0.15, 0.2) is 0 Å². The number of aliphatic hydroxyl groups is 2. The van der Waals surface area contributed by atoms with Gasteiger partial charge in [0.1, 0.15) is 42.2 Å². The van der Waals surface area contributed by atoms with Crippen molar-refractivity contribution in [2.24, 2.45) is 0 Å². The topological polar surface area (TPSA) is 139 Å². The minimum absolute atomic E-state index is 0.123. The number of pyridine rings is 1. The fourth-order valence-electron chi connectivity index (χ4n) is 4.44. The van der Waals surface area contributed by atoms with Gasteiger partial charge in [0.2, 0.25) is 5.91 Å². The number of carbonyl (C=O) groups is 2. The highest BCUT2D eigenvalue weighted by molar-refractivity contribution is 5.91. The highest BCUT2D eigenvalue weighted by atomic mass is 19.4. The van der Waals surface area contributed by atoms with Crippen molar-refractivity contribution in [2.45, 2.75) is 50.7 Å². The molecule has 3 amide bonds. The summed E-state index contributed by atoms with van der Waals surface area (Å²) in [5.41, 5.74) is 1.40. The number of nitrogens with zero attached hydrogens (tertiary/aromatic N) is 3. The smallest absolute Gasteiger partial charge is 0.408 e. The van der Waals surface area contributed by atoms with Gasteiger partial charge in [-0.15, -0.1) is 0 Å². The molecule has 4 atom stereocenters. The lowest BCUT2D eigenvalue weighted by Crippen LogP contribution is -2.57. The molecule has 0 saturated carbocycles. The zero-order chi connectivity index (χ0) is 26.9. The van der Waals surface area contributed by atoms with Gasteiger partial charge in [0.25, 0.3) is 0 Å². The third-order valence-corrected chi connectivity index (χ3v) is 6.37. The molecule has 1 unspecified atom stereocenters. The Bertz CT molecular complexity index is 1090. The number of carbonyl (C=O) groups excluding carboxylic acids is 2. The van der Waals surface area contributed by atoms with Crippen LogP contribution in [0.2, 0.25) is 0 Å². The number of urea groups is 1. The number of alkyl halides is 3. The molecule has 2 bridgehead atoms. The number of anilines is 1. The molecule has 37 heavy (non-hydrogen) atoms. The Kier molecular flexibility index (Phi) is 7.50. The quantitative estimate of drug-likeness (QED) is 0.353. The van der Waals surface area contributed by atoms with Crippen molar-refractivity contribution in [3.63, 3.8) is 0 Å². The number of hydrogen-bond donors (Lipinski definition) is 5. The van der Waals surface area contributed by atoms with Gasteiger partial charge in [-0.3, -0.25) is 15.0 Å². The van der Waals surface area contributed by atoms with Crippen molar-refractivity contribution >= 4 is 17.8 Å². The van der Waals surface area contributed by atoms with Gasteiger partial charge >= 0.3 is 12.2 Å². The minimum Gasteiger partial charge on any atom is -0.489 e. The molecular weight excluding hydrogens is 497 g/mol. The molecular formula is C23H29F3N6O5. The van der Waals surface area contributed by atoms with Crippen LogP contribution in [0.25, 0.3) is 0 Å². The van der Waals surface area contributed by atoms with Crippen LogP contribution >= 0.6 is 0 Å². The number of hydrogen-bond acceptors (Lipinski definition) is 8. The first kappa shape index (κ1) is 26.5. The molecule has 3 aliphatic heterocycles. The monoisotopic (exact) mass is 526 g/mol. The van der Waals surface area contributed by atoms with Crippen LogP contribution in [0, 0.1) is 0 Å². The Morgan fingerprint density at radius 3 is 2.76 bits per heavy atom. The normalized spacial score (nSPS) is 22.5. The maximum Gasteiger partial charge on any atom is 0.408 e.